The fourth-order valence-corrected chi connectivity index (χ4v) is 3.28. The fourth-order valence-electron chi connectivity index (χ4n) is 3.28. The van der Waals surface area contributed by atoms with Gasteiger partial charge in [0, 0.05) is 37.7 Å². The maximum absolute atomic E-state index is 13.1. The van der Waals surface area contributed by atoms with E-state index in [9.17, 15) is 9.59 Å². The summed E-state index contributed by atoms with van der Waals surface area (Å²) in [7, 11) is 1.59. The van der Waals surface area contributed by atoms with Crippen molar-refractivity contribution in [1.29, 1.82) is 0 Å². The average Bonchev–Trinajstić information content (AvgIpc) is 3.24. The summed E-state index contributed by atoms with van der Waals surface area (Å²) in [6, 6.07) is 8.84. The van der Waals surface area contributed by atoms with Crippen molar-refractivity contribution in [3.8, 4) is 0 Å². The average molecular weight is 343 g/mol. The summed E-state index contributed by atoms with van der Waals surface area (Å²) in [4.78, 5) is 25.9. The number of carboxylic acid groups (broad SMARTS) is 1. The van der Waals surface area contributed by atoms with Gasteiger partial charge in [-0.2, -0.15) is 5.10 Å². The molecule has 1 aliphatic rings. The van der Waals surface area contributed by atoms with Gasteiger partial charge in [-0.3, -0.25) is 14.3 Å². The van der Waals surface area contributed by atoms with Gasteiger partial charge in [0.05, 0.1) is 19.1 Å². The minimum absolute atomic E-state index is 0.0765. The number of nitrogens with zero attached hydrogens (tertiary/aromatic N) is 3. The Hall–Kier alpha value is -2.67. The van der Waals surface area contributed by atoms with Gasteiger partial charge >= 0.3 is 5.97 Å². The Morgan fingerprint density at radius 1 is 1.32 bits per heavy atom. The highest BCUT2D eigenvalue weighted by Crippen LogP contribution is 2.26. The Labute approximate surface area is 145 Å². The highest BCUT2D eigenvalue weighted by Gasteiger charge is 2.37. The Bertz CT molecular complexity index is 745. The number of hydrogen-bond donors (Lipinski definition) is 1. The van der Waals surface area contributed by atoms with Crippen LogP contribution in [0, 0.1) is 0 Å². The Balaban J connectivity index is 1.85. The molecule has 1 saturated heterocycles. The maximum Gasteiger partial charge on any atom is 0.305 e. The van der Waals surface area contributed by atoms with E-state index in [1.54, 1.807) is 29.0 Å². The van der Waals surface area contributed by atoms with Crippen LogP contribution in [0.15, 0.2) is 42.7 Å². The molecule has 7 nitrogen and oxygen atoms in total. The number of rotatable bonds is 6. The summed E-state index contributed by atoms with van der Waals surface area (Å²) < 4.78 is 7.11. The molecule has 0 spiro atoms. The number of methoxy groups -OCH3 is 1. The topological polar surface area (TPSA) is 84.7 Å². The minimum Gasteiger partial charge on any atom is -0.481 e. The number of amides is 1. The molecule has 1 aromatic heterocycles. The minimum atomic E-state index is -0.913. The Morgan fingerprint density at radius 3 is 2.80 bits per heavy atom. The molecule has 2 unspecified atom stereocenters. The van der Waals surface area contributed by atoms with E-state index in [1.165, 1.54) is 0 Å². The highest BCUT2D eigenvalue weighted by molar-refractivity contribution is 5.96. The van der Waals surface area contributed by atoms with Gasteiger partial charge in [-0.1, -0.05) is 18.2 Å². The third kappa shape index (κ3) is 3.88. The first-order valence-corrected chi connectivity index (χ1v) is 8.19. The summed E-state index contributed by atoms with van der Waals surface area (Å²) in [5.41, 5.74) is 1.43. The Kier molecular flexibility index (Phi) is 5.14. The lowest BCUT2D eigenvalue weighted by Gasteiger charge is -2.24. The number of aromatic nitrogens is 2. The lowest BCUT2D eigenvalue weighted by molar-refractivity contribution is -0.137. The second-order valence-corrected chi connectivity index (χ2v) is 6.16. The van der Waals surface area contributed by atoms with Crippen molar-refractivity contribution >= 4 is 11.9 Å². The molecule has 1 N–H and O–H groups in total. The molecule has 0 radical (unpaired) electrons. The first kappa shape index (κ1) is 17.2. The first-order chi connectivity index (χ1) is 12.1. The maximum atomic E-state index is 13.1. The molecule has 25 heavy (non-hydrogen) atoms. The zero-order valence-electron chi connectivity index (χ0n) is 14.0. The number of carboxylic acids is 1. The fraction of sp³-hybridized carbons (Fsp3) is 0.389. The third-order valence-corrected chi connectivity index (χ3v) is 4.52. The lowest BCUT2D eigenvalue weighted by atomic mass is 10.0. The molecule has 7 heteroatoms. The quantitative estimate of drug-likeness (QED) is 0.862. The van der Waals surface area contributed by atoms with Crippen LogP contribution in [-0.4, -0.2) is 57.5 Å². The molecular formula is C18H21N3O4. The third-order valence-electron chi connectivity index (χ3n) is 4.52. The molecule has 132 valence electrons. The SMILES string of the molecule is COC1CC(CC(=O)O)N(C(=O)c2ccccc2Cn2cccn2)C1. The molecule has 0 aliphatic carbocycles. The summed E-state index contributed by atoms with van der Waals surface area (Å²) in [5.74, 6) is -1.07. The molecule has 1 aliphatic heterocycles. The van der Waals surface area contributed by atoms with Crippen LogP contribution in [0.1, 0.15) is 28.8 Å². The normalized spacial score (nSPS) is 20.0. The van der Waals surface area contributed by atoms with Crippen molar-refractivity contribution in [1.82, 2.24) is 14.7 Å². The number of hydrogen-bond acceptors (Lipinski definition) is 4. The van der Waals surface area contributed by atoms with E-state index >= 15 is 0 Å². The number of benzene rings is 1. The van der Waals surface area contributed by atoms with Crippen molar-refractivity contribution in [2.45, 2.75) is 31.5 Å². The van der Waals surface area contributed by atoms with Gasteiger partial charge < -0.3 is 14.7 Å². The lowest BCUT2D eigenvalue weighted by Crippen LogP contribution is -2.37. The molecular weight excluding hydrogens is 322 g/mol. The van der Waals surface area contributed by atoms with Crippen LogP contribution in [0.5, 0.6) is 0 Å². The van der Waals surface area contributed by atoms with Gasteiger partial charge in [-0.05, 0) is 24.1 Å². The molecule has 0 saturated carbocycles. The van der Waals surface area contributed by atoms with E-state index in [-0.39, 0.29) is 24.5 Å². The monoisotopic (exact) mass is 343 g/mol. The molecule has 3 rings (SSSR count). The van der Waals surface area contributed by atoms with Crippen molar-refractivity contribution in [2.24, 2.45) is 0 Å². The summed E-state index contributed by atoms with van der Waals surface area (Å²) in [6.45, 7) is 0.892. The second kappa shape index (κ2) is 7.48. The van der Waals surface area contributed by atoms with Gasteiger partial charge in [0.1, 0.15) is 0 Å². The van der Waals surface area contributed by atoms with E-state index in [0.717, 1.165) is 5.56 Å². The van der Waals surface area contributed by atoms with Gasteiger partial charge in [-0.15, -0.1) is 0 Å². The summed E-state index contributed by atoms with van der Waals surface area (Å²) >= 11 is 0. The van der Waals surface area contributed by atoms with Crippen LogP contribution in [0.4, 0.5) is 0 Å². The van der Waals surface area contributed by atoms with E-state index in [2.05, 4.69) is 5.10 Å². The van der Waals surface area contributed by atoms with Crippen molar-refractivity contribution in [2.75, 3.05) is 13.7 Å². The zero-order valence-corrected chi connectivity index (χ0v) is 14.0. The summed E-state index contributed by atoms with van der Waals surface area (Å²) in [6.07, 6.45) is 3.86. The number of aliphatic carboxylic acids is 1. The van der Waals surface area contributed by atoms with Crippen LogP contribution in [0.3, 0.4) is 0 Å². The smallest absolute Gasteiger partial charge is 0.305 e. The molecule has 2 atom stereocenters. The summed E-state index contributed by atoms with van der Waals surface area (Å²) in [5, 5.41) is 13.3. The number of likely N-dealkylation sites (tertiary alicyclic amines) is 1. The van der Waals surface area contributed by atoms with Crippen molar-refractivity contribution in [3.63, 3.8) is 0 Å². The molecule has 2 heterocycles. The van der Waals surface area contributed by atoms with Crippen LogP contribution in [0.25, 0.3) is 0 Å². The number of carbonyl (C=O) groups is 2. The predicted molar refractivity (Wildman–Crippen MR) is 90.3 cm³/mol. The zero-order chi connectivity index (χ0) is 17.8. The van der Waals surface area contributed by atoms with Gasteiger partial charge in [-0.25, -0.2) is 0 Å². The van der Waals surface area contributed by atoms with Crippen LogP contribution >= 0.6 is 0 Å². The predicted octanol–water partition coefficient (Wildman–Crippen LogP) is 1.64. The second-order valence-electron chi connectivity index (χ2n) is 6.16. The van der Waals surface area contributed by atoms with Gasteiger partial charge in [0.2, 0.25) is 0 Å². The first-order valence-electron chi connectivity index (χ1n) is 8.19. The molecule has 1 aromatic carbocycles. The van der Waals surface area contributed by atoms with Gasteiger partial charge in [0.25, 0.3) is 5.91 Å². The van der Waals surface area contributed by atoms with Gasteiger partial charge in [0.15, 0.2) is 0 Å². The number of carbonyl (C=O) groups excluding carboxylic acids is 1. The van der Waals surface area contributed by atoms with E-state index in [1.807, 2.05) is 30.5 Å². The van der Waals surface area contributed by atoms with Crippen LogP contribution in [0.2, 0.25) is 0 Å². The van der Waals surface area contributed by atoms with Crippen LogP contribution < -0.4 is 0 Å². The van der Waals surface area contributed by atoms with E-state index in [0.29, 0.717) is 25.1 Å². The molecule has 0 bridgehead atoms. The van der Waals surface area contributed by atoms with Crippen molar-refractivity contribution in [3.05, 3.63) is 53.9 Å². The highest BCUT2D eigenvalue weighted by atomic mass is 16.5. The molecule has 2 aromatic rings. The van der Waals surface area contributed by atoms with Crippen molar-refractivity contribution < 1.29 is 19.4 Å². The van der Waals surface area contributed by atoms with E-state index < -0.39 is 5.97 Å². The number of ether oxygens (including phenoxy) is 1. The standard InChI is InChI=1S/C18H21N3O4/c1-25-15-9-14(10-17(22)23)21(12-15)18(24)16-6-3-2-5-13(16)11-20-8-4-7-19-20/h2-8,14-15H,9-12H2,1H3,(H,22,23). The largest absolute Gasteiger partial charge is 0.481 e. The van der Waals surface area contributed by atoms with E-state index in [4.69, 9.17) is 9.84 Å². The Morgan fingerprint density at radius 2 is 2.12 bits per heavy atom. The molecule has 1 amide bonds. The molecule has 1 fully saturated rings. The van der Waals surface area contributed by atoms with Crippen LogP contribution in [-0.2, 0) is 16.1 Å².